The molecule has 3 rings (SSSR count). The predicted molar refractivity (Wildman–Crippen MR) is 73.9 cm³/mol. The normalized spacial score (nSPS) is 36.0. The molecule has 0 aromatic carbocycles. The molecule has 0 spiro atoms. The van der Waals surface area contributed by atoms with E-state index >= 15 is 0 Å². The van der Waals surface area contributed by atoms with Gasteiger partial charge in [0, 0.05) is 0 Å². The molecule has 17 heavy (non-hydrogen) atoms. The first-order valence-electron chi connectivity index (χ1n) is 7.82. The van der Waals surface area contributed by atoms with Crippen molar-refractivity contribution < 1.29 is 0 Å². The van der Waals surface area contributed by atoms with Gasteiger partial charge in [-0.2, -0.15) is 0 Å². The highest BCUT2D eigenvalue weighted by molar-refractivity contribution is 5.22. The van der Waals surface area contributed by atoms with Crippen LogP contribution in [-0.4, -0.2) is 0 Å². The Labute approximate surface area is 106 Å². The lowest BCUT2D eigenvalue weighted by molar-refractivity contribution is 0.349. The maximum atomic E-state index is 2.53. The smallest absolute Gasteiger partial charge is 0.0172 e. The van der Waals surface area contributed by atoms with E-state index in [1.165, 1.54) is 70.6 Å². The highest BCUT2D eigenvalue weighted by Gasteiger charge is 2.32. The van der Waals surface area contributed by atoms with Crippen LogP contribution in [0.15, 0.2) is 23.3 Å². The summed E-state index contributed by atoms with van der Waals surface area (Å²) in [6.07, 6.45) is 20.9. The Balaban J connectivity index is 1.69. The van der Waals surface area contributed by atoms with Gasteiger partial charge in [0.2, 0.25) is 0 Å². The van der Waals surface area contributed by atoms with Crippen LogP contribution in [0.4, 0.5) is 0 Å². The molecule has 0 N–H and O–H groups in total. The van der Waals surface area contributed by atoms with Crippen molar-refractivity contribution in [3.8, 4) is 0 Å². The van der Waals surface area contributed by atoms with E-state index in [-0.39, 0.29) is 0 Å². The lowest BCUT2D eigenvalue weighted by Gasteiger charge is -2.28. The molecule has 3 aliphatic rings. The molecule has 0 radical (unpaired) electrons. The van der Waals surface area contributed by atoms with Crippen LogP contribution in [0.25, 0.3) is 0 Å². The second-order valence-corrected chi connectivity index (χ2v) is 6.32. The van der Waals surface area contributed by atoms with Gasteiger partial charge in [-0.25, -0.2) is 0 Å². The molecule has 3 fully saturated rings. The van der Waals surface area contributed by atoms with Crippen molar-refractivity contribution in [3.05, 3.63) is 23.3 Å². The van der Waals surface area contributed by atoms with Gasteiger partial charge in [-0.1, -0.05) is 36.1 Å². The summed E-state index contributed by atoms with van der Waals surface area (Å²) in [7, 11) is 0. The van der Waals surface area contributed by atoms with Crippen LogP contribution >= 0.6 is 0 Å². The van der Waals surface area contributed by atoms with Crippen LogP contribution in [0, 0.1) is 11.8 Å². The second-order valence-electron chi connectivity index (χ2n) is 6.32. The molecule has 0 amide bonds. The van der Waals surface area contributed by atoms with Gasteiger partial charge >= 0.3 is 0 Å². The third kappa shape index (κ3) is 2.67. The van der Waals surface area contributed by atoms with E-state index in [2.05, 4.69) is 12.2 Å². The first kappa shape index (κ1) is 11.6. The van der Waals surface area contributed by atoms with Gasteiger partial charge in [0.15, 0.2) is 0 Å². The van der Waals surface area contributed by atoms with E-state index in [4.69, 9.17) is 0 Å². The minimum absolute atomic E-state index is 0.976. The zero-order valence-corrected chi connectivity index (χ0v) is 11.1. The van der Waals surface area contributed by atoms with Crippen molar-refractivity contribution >= 4 is 0 Å². The molecule has 2 unspecified atom stereocenters. The molecule has 0 aromatic rings. The summed E-state index contributed by atoms with van der Waals surface area (Å²) in [4.78, 5) is 0. The lowest BCUT2D eigenvalue weighted by Crippen LogP contribution is -2.16. The Morgan fingerprint density at radius 1 is 0.706 bits per heavy atom. The van der Waals surface area contributed by atoms with Gasteiger partial charge in [0.1, 0.15) is 0 Å². The fourth-order valence-electron chi connectivity index (χ4n) is 4.23. The SMILES string of the molecule is C(C=C1CCCC2CCCC12)=C1CCCCC1. The minimum Gasteiger partial charge on any atom is -0.0702 e. The number of hydrogen-bond acceptors (Lipinski definition) is 0. The van der Waals surface area contributed by atoms with Gasteiger partial charge in [-0.05, 0) is 69.6 Å². The zero-order chi connectivity index (χ0) is 11.5. The van der Waals surface area contributed by atoms with Crippen molar-refractivity contribution in [1.29, 1.82) is 0 Å². The first-order chi connectivity index (χ1) is 8.43. The summed E-state index contributed by atoms with van der Waals surface area (Å²) >= 11 is 0. The molecule has 0 aromatic heterocycles. The van der Waals surface area contributed by atoms with E-state index < -0.39 is 0 Å². The largest absolute Gasteiger partial charge is 0.0702 e. The van der Waals surface area contributed by atoms with E-state index in [0.29, 0.717) is 0 Å². The number of rotatable bonds is 1. The van der Waals surface area contributed by atoms with Gasteiger partial charge in [0.05, 0.1) is 0 Å². The molecule has 0 bridgehead atoms. The maximum Gasteiger partial charge on any atom is -0.0172 e. The van der Waals surface area contributed by atoms with Crippen LogP contribution in [0.5, 0.6) is 0 Å². The number of allylic oxidation sites excluding steroid dienone is 4. The first-order valence-corrected chi connectivity index (χ1v) is 7.82. The fraction of sp³-hybridized carbons (Fsp3) is 0.765. The van der Waals surface area contributed by atoms with Crippen molar-refractivity contribution in [3.63, 3.8) is 0 Å². The Bertz CT molecular complexity index is 313. The van der Waals surface area contributed by atoms with E-state index in [9.17, 15) is 0 Å². The summed E-state index contributed by atoms with van der Waals surface area (Å²) in [6, 6.07) is 0. The maximum absolute atomic E-state index is 2.53. The summed E-state index contributed by atoms with van der Waals surface area (Å²) in [5.74, 6) is 2.03. The van der Waals surface area contributed by atoms with Crippen LogP contribution < -0.4 is 0 Å². The van der Waals surface area contributed by atoms with Crippen LogP contribution in [0.2, 0.25) is 0 Å². The predicted octanol–water partition coefficient (Wildman–Crippen LogP) is 5.40. The molecule has 3 aliphatic carbocycles. The van der Waals surface area contributed by atoms with Crippen molar-refractivity contribution in [2.45, 2.75) is 70.6 Å². The third-order valence-electron chi connectivity index (χ3n) is 5.20. The molecule has 0 saturated heterocycles. The molecule has 94 valence electrons. The third-order valence-corrected chi connectivity index (χ3v) is 5.20. The van der Waals surface area contributed by atoms with Gasteiger partial charge in [0.25, 0.3) is 0 Å². The van der Waals surface area contributed by atoms with Crippen molar-refractivity contribution in [2.75, 3.05) is 0 Å². The average molecular weight is 230 g/mol. The van der Waals surface area contributed by atoms with E-state index in [0.717, 1.165) is 11.8 Å². The summed E-state index contributed by atoms with van der Waals surface area (Å²) in [6.45, 7) is 0. The Hall–Kier alpha value is -0.520. The van der Waals surface area contributed by atoms with Gasteiger partial charge in [-0.15, -0.1) is 0 Å². The Morgan fingerprint density at radius 3 is 2.41 bits per heavy atom. The fourth-order valence-corrected chi connectivity index (χ4v) is 4.23. The van der Waals surface area contributed by atoms with E-state index in [1.807, 2.05) is 0 Å². The highest BCUT2D eigenvalue weighted by Crippen LogP contribution is 2.45. The highest BCUT2D eigenvalue weighted by atomic mass is 14.4. The molecule has 3 saturated carbocycles. The molecular weight excluding hydrogens is 204 g/mol. The Morgan fingerprint density at radius 2 is 1.53 bits per heavy atom. The molecule has 0 heterocycles. The standard InChI is InChI=1S/C17H26/c1-2-6-14(7-3-1)12-13-16-9-4-8-15-10-5-11-17(15)16/h12-13,15,17H,1-11H2. The zero-order valence-electron chi connectivity index (χ0n) is 11.1. The molecule has 2 atom stereocenters. The second kappa shape index (κ2) is 5.42. The molecular formula is C17H26. The van der Waals surface area contributed by atoms with Crippen molar-refractivity contribution in [1.82, 2.24) is 0 Å². The Kier molecular flexibility index (Phi) is 3.68. The van der Waals surface area contributed by atoms with Crippen LogP contribution in [0.1, 0.15) is 70.6 Å². The summed E-state index contributed by atoms with van der Waals surface area (Å²) < 4.78 is 0. The van der Waals surface area contributed by atoms with Crippen LogP contribution in [-0.2, 0) is 0 Å². The lowest BCUT2D eigenvalue weighted by atomic mass is 9.77. The monoisotopic (exact) mass is 230 g/mol. The minimum atomic E-state index is 0.976. The molecule has 0 aliphatic heterocycles. The van der Waals surface area contributed by atoms with Crippen LogP contribution in [0.3, 0.4) is 0 Å². The summed E-state index contributed by atoms with van der Waals surface area (Å²) in [5.41, 5.74) is 3.53. The summed E-state index contributed by atoms with van der Waals surface area (Å²) in [5, 5.41) is 0. The quantitative estimate of drug-likeness (QED) is 0.565. The van der Waals surface area contributed by atoms with E-state index in [1.54, 1.807) is 11.1 Å². The topological polar surface area (TPSA) is 0 Å². The van der Waals surface area contributed by atoms with Crippen molar-refractivity contribution in [2.24, 2.45) is 11.8 Å². The average Bonchev–Trinajstić information content (AvgIpc) is 2.86. The van der Waals surface area contributed by atoms with Gasteiger partial charge in [-0.3, -0.25) is 0 Å². The van der Waals surface area contributed by atoms with Gasteiger partial charge < -0.3 is 0 Å². The number of hydrogen-bond donors (Lipinski definition) is 0. The molecule has 0 nitrogen and oxygen atoms in total. The number of fused-ring (bicyclic) bond motifs is 1. The molecule has 0 heteroatoms.